The largest absolute Gasteiger partial charge is 0.507 e. The van der Waals surface area contributed by atoms with Crippen LogP contribution in [0.3, 0.4) is 0 Å². The Morgan fingerprint density at radius 2 is 2.04 bits per heavy atom. The van der Waals surface area contributed by atoms with Crippen LogP contribution in [0.2, 0.25) is 0 Å². The fraction of sp³-hybridized carbons (Fsp3) is 0.222. The number of aryl methyl sites for hydroxylation is 2. The van der Waals surface area contributed by atoms with Crippen LogP contribution in [0, 0.1) is 24.3 Å². The van der Waals surface area contributed by atoms with Crippen LogP contribution in [0.4, 0.5) is 0 Å². The Kier molecular flexibility index (Phi) is 6.19. The van der Waals surface area contributed by atoms with Gasteiger partial charge in [-0.3, -0.25) is 4.79 Å². The molecule has 0 fully saturated rings. The highest BCUT2D eigenvalue weighted by molar-refractivity contribution is 14.1. The van der Waals surface area contributed by atoms with E-state index in [2.05, 4.69) is 33.1 Å². The summed E-state index contributed by atoms with van der Waals surface area (Å²) < 4.78 is 6.49. The van der Waals surface area contributed by atoms with Crippen LogP contribution in [-0.2, 0) is 4.79 Å². The minimum Gasteiger partial charge on any atom is -0.507 e. The van der Waals surface area contributed by atoms with E-state index < -0.39 is 0 Å². The normalized spacial score (nSPS) is 10.8. The van der Waals surface area contributed by atoms with E-state index in [0.717, 1.165) is 20.3 Å². The first kappa shape index (κ1) is 18.3. The van der Waals surface area contributed by atoms with Crippen LogP contribution >= 0.6 is 22.6 Å². The fourth-order valence-electron chi connectivity index (χ4n) is 2.09. The minimum absolute atomic E-state index is 0.126. The molecule has 2 rings (SSSR count). The zero-order chi connectivity index (χ0) is 17.7. The Balaban J connectivity index is 1.93. The highest BCUT2D eigenvalue weighted by Crippen LogP contribution is 2.23. The van der Waals surface area contributed by atoms with Gasteiger partial charge in [-0.15, -0.1) is 0 Å². The molecule has 0 saturated carbocycles. The first-order chi connectivity index (χ1) is 11.4. The van der Waals surface area contributed by atoms with E-state index in [0.29, 0.717) is 11.3 Å². The number of amides is 1. The van der Waals surface area contributed by atoms with Crippen molar-refractivity contribution in [2.24, 2.45) is 5.10 Å². The van der Waals surface area contributed by atoms with E-state index in [9.17, 15) is 9.90 Å². The Morgan fingerprint density at radius 3 is 2.79 bits per heavy atom. The van der Waals surface area contributed by atoms with Crippen molar-refractivity contribution in [3.8, 4) is 11.5 Å². The van der Waals surface area contributed by atoms with Crippen molar-refractivity contribution in [2.45, 2.75) is 20.8 Å². The number of nitrogens with zero attached hydrogens (tertiary/aromatic N) is 1. The maximum atomic E-state index is 11.8. The summed E-state index contributed by atoms with van der Waals surface area (Å²) in [6.45, 7) is 5.62. The average molecular weight is 438 g/mol. The number of rotatable bonds is 5. The minimum atomic E-state index is -0.367. The van der Waals surface area contributed by atoms with Crippen LogP contribution in [0.1, 0.15) is 22.3 Å². The van der Waals surface area contributed by atoms with Crippen molar-refractivity contribution >= 4 is 34.7 Å². The van der Waals surface area contributed by atoms with E-state index in [-0.39, 0.29) is 18.3 Å². The fourth-order valence-corrected chi connectivity index (χ4v) is 2.89. The second kappa shape index (κ2) is 8.14. The van der Waals surface area contributed by atoms with Gasteiger partial charge in [0.05, 0.1) is 6.21 Å². The lowest BCUT2D eigenvalue weighted by Crippen LogP contribution is -2.24. The SMILES string of the molecule is Cc1cccc(OCC(=O)N/N=C\c2cc(I)cc(C)c2O)c1C. The number of carbonyl (C=O) groups excluding carboxylic acids is 1. The van der Waals surface area contributed by atoms with Crippen LogP contribution in [0.5, 0.6) is 11.5 Å². The van der Waals surface area contributed by atoms with Gasteiger partial charge in [0, 0.05) is 9.13 Å². The lowest BCUT2D eigenvalue weighted by molar-refractivity contribution is -0.123. The smallest absolute Gasteiger partial charge is 0.277 e. The van der Waals surface area contributed by atoms with Gasteiger partial charge in [-0.25, -0.2) is 5.43 Å². The molecule has 2 N–H and O–H groups in total. The molecule has 0 aliphatic rings. The van der Waals surface area contributed by atoms with Crippen LogP contribution in [-0.4, -0.2) is 23.8 Å². The second-order valence-corrected chi connectivity index (χ2v) is 6.69. The number of hydrogen-bond donors (Lipinski definition) is 2. The number of hydrazone groups is 1. The molecule has 0 atom stereocenters. The molecule has 0 bridgehead atoms. The first-order valence-electron chi connectivity index (χ1n) is 7.38. The number of phenolic OH excluding ortho intramolecular Hbond substituents is 1. The second-order valence-electron chi connectivity index (χ2n) is 5.44. The number of aromatic hydroxyl groups is 1. The number of phenols is 1. The van der Waals surface area contributed by atoms with Crippen LogP contribution in [0.25, 0.3) is 0 Å². The summed E-state index contributed by atoms with van der Waals surface area (Å²) in [5.74, 6) is 0.467. The van der Waals surface area contributed by atoms with Crippen molar-refractivity contribution < 1.29 is 14.6 Å². The molecule has 0 heterocycles. The molecule has 2 aromatic carbocycles. The maximum Gasteiger partial charge on any atom is 0.277 e. The summed E-state index contributed by atoms with van der Waals surface area (Å²) >= 11 is 2.16. The summed E-state index contributed by atoms with van der Waals surface area (Å²) in [5, 5.41) is 13.8. The zero-order valence-electron chi connectivity index (χ0n) is 13.8. The zero-order valence-corrected chi connectivity index (χ0v) is 15.9. The maximum absolute atomic E-state index is 11.8. The van der Waals surface area contributed by atoms with Crippen molar-refractivity contribution in [2.75, 3.05) is 6.61 Å². The molecule has 6 heteroatoms. The topological polar surface area (TPSA) is 70.9 Å². The van der Waals surface area contributed by atoms with E-state index in [4.69, 9.17) is 4.74 Å². The average Bonchev–Trinajstić information content (AvgIpc) is 2.53. The predicted molar refractivity (Wildman–Crippen MR) is 103 cm³/mol. The molecule has 2 aromatic rings. The van der Waals surface area contributed by atoms with E-state index in [1.54, 1.807) is 6.07 Å². The number of hydrogen-bond acceptors (Lipinski definition) is 4. The third-order valence-corrected chi connectivity index (χ3v) is 4.22. The van der Waals surface area contributed by atoms with Gasteiger partial charge in [-0.1, -0.05) is 12.1 Å². The molecule has 0 aliphatic heterocycles. The number of benzene rings is 2. The van der Waals surface area contributed by atoms with Crippen molar-refractivity contribution in [3.05, 3.63) is 56.2 Å². The molecule has 24 heavy (non-hydrogen) atoms. The van der Waals surface area contributed by atoms with Gasteiger partial charge < -0.3 is 9.84 Å². The molecular weight excluding hydrogens is 419 g/mol. The van der Waals surface area contributed by atoms with Crippen LogP contribution < -0.4 is 10.2 Å². The predicted octanol–water partition coefficient (Wildman–Crippen LogP) is 3.45. The number of halogens is 1. The lowest BCUT2D eigenvalue weighted by atomic mass is 10.1. The van der Waals surface area contributed by atoms with E-state index >= 15 is 0 Å². The Hall–Kier alpha value is -2.09. The van der Waals surface area contributed by atoms with Gasteiger partial charge in [0.15, 0.2) is 6.61 Å². The molecule has 0 spiro atoms. The summed E-state index contributed by atoms with van der Waals surface area (Å²) in [7, 11) is 0. The highest BCUT2D eigenvalue weighted by atomic mass is 127. The van der Waals surface area contributed by atoms with E-state index in [1.807, 2.05) is 45.0 Å². The Morgan fingerprint density at radius 1 is 1.29 bits per heavy atom. The van der Waals surface area contributed by atoms with Crippen molar-refractivity contribution in [1.82, 2.24) is 5.43 Å². The van der Waals surface area contributed by atoms with Gasteiger partial charge in [0.1, 0.15) is 11.5 Å². The molecule has 0 saturated heterocycles. The van der Waals surface area contributed by atoms with Crippen molar-refractivity contribution in [1.29, 1.82) is 0 Å². The molecule has 0 unspecified atom stereocenters. The van der Waals surface area contributed by atoms with Gasteiger partial charge in [-0.05, 0) is 78.3 Å². The van der Waals surface area contributed by atoms with Gasteiger partial charge in [0.25, 0.3) is 5.91 Å². The highest BCUT2D eigenvalue weighted by Gasteiger charge is 2.06. The first-order valence-corrected chi connectivity index (χ1v) is 8.46. The molecule has 0 aliphatic carbocycles. The van der Waals surface area contributed by atoms with Gasteiger partial charge in [-0.2, -0.15) is 5.10 Å². The summed E-state index contributed by atoms with van der Waals surface area (Å²) in [6, 6.07) is 9.35. The lowest BCUT2D eigenvalue weighted by Gasteiger charge is -2.09. The summed E-state index contributed by atoms with van der Waals surface area (Å²) in [6.07, 6.45) is 1.42. The molecule has 0 aromatic heterocycles. The number of nitrogens with one attached hydrogen (secondary N) is 1. The third kappa shape index (κ3) is 4.70. The molecule has 126 valence electrons. The Labute approximate surface area is 154 Å². The van der Waals surface area contributed by atoms with Gasteiger partial charge in [0.2, 0.25) is 0 Å². The Bertz CT molecular complexity index is 788. The molecular formula is C18H19IN2O3. The van der Waals surface area contributed by atoms with Gasteiger partial charge >= 0.3 is 0 Å². The third-order valence-electron chi connectivity index (χ3n) is 3.60. The molecule has 5 nitrogen and oxygen atoms in total. The number of ether oxygens (including phenoxy) is 1. The molecule has 1 amide bonds. The summed E-state index contributed by atoms with van der Waals surface area (Å²) in [4.78, 5) is 11.8. The number of carbonyl (C=O) groups is 1. The monoisotopic (exact) mass is 438 g/mol. The van der Waals surface area contributed by atoms with E-state index in [1.165, 1.54) is 6.21 Å². The summed E-state index contributed by atoms with van der Waals surface area (Å²) in [5.41, 5.74) is 5.82. The van der Waals surface area contributed by atoms with Crippen LogP contribution in [0.15, 0.2) is 35.4 Å². The standard InChI is InChI=1S/C18H19IN2O3/c1-11-5-4-6-16(13(11)3)24-10-17(22)21-20-9-14-8-15(19)7-12(2)18(14)23/h4-9,23H,10H2,1-3H3,(H,21,22)/b20-9-. The molecule has 0 radical (unpaired) electrons. The van der Waals surface area contributed by atoms with Crippen molar-refractivity contribution in [3.63, 3.8) is 0 Å². The quantitative estimate of drug-likeness (QED) is 0.427.